The Bertz CT molecular complexity index is 171. The van der Waals surface area contributed by atoms with E-state index in [2.05, 4.69) is 0 Å². The van der Waals surface area contributed by atoms with E-state index in [1.807, 2.05) is 0 Å². The van der Waals surface area contributed by atoms with Crippen molar-refractivity contribution in [3.8, 4) is 0 Å². The van der Waals surface area contributed by atoms with Gasteiger partial charge in [0.1, 0.15) is 0 Å². The van der Waals surface area contributed by atoms with Crippen molar-refractivity contribution in [1.29, 1.82) is 0 Å². The molecular formula is C13H25NO. The summed E-state index contributed by atoms with van der Waals surface area (Å²) >= 11 is 0. The fraction of sp³-hybridized carbons (Fsp3) is 1.00. The fourth-order valence-corrected chi connectivity index (χ4v) is 3.00. The lowest BCUT2D eigenvalue weighted by Gasteiger charge is -2.28. The molecule has 2 rings (SSSR count). The van der Waals surface area contributed by atoms with Crippen molar-refractivity contribution < 1.29 is 4.74 Å². The van der Waals surface area contributed by atoms with E-state index < -0.39 is 0 Å². The zero-order valence-corrected chi connectivity index (χ0v) is 9.79. The summed E-state index contributed by atoms with van der Waals surface area (Å²) in [6.07, 6.45) is 12.6. The lowest BCUT2D eigenvalue weighted by molar-refractivity contribution is 0.0356. The molecule has 88 valence electrons. The van der Waals surface area contributed by atoms with Crippen molar-refractivity contribution in [2.45, 2.75) is 69.9 Å². The van der Waals surface area contributed by atoms with Crippen molar-refractivity contribution in [1.82, 2.24) is 0 Å². The molecule has 0 spiro atoms. The molecule has 0 aromatic carbocycles. The van der Waals surface area contributed by atoms with Gasteiger partial charge in [0, 0.05) is 6.04 Å². The van der Waals surface area contributed by atoms with Crippen molar-refractivity contribution in [3.05, 3.63) is 0 Å². The third-order valence-electron chi connectivity index (χ3n) is 4.08. The van der Waals surface area contributed by atoms with Gasteiger partial charge in [-0.25, -0.2) is 0 Å². The first-order valence-corrected chi connectivity index (χ1v) is 6.73. The van der Waals surface area contributed by atoms with Crippen LogP contribution in [0.25, 0.3) is 0 Å². The third-order valence-corrected chi connectivity index (χ3v) is 4.08. The number of ether oxygens (including phenoxy) is 1. The first-order valence-electron chi connectivity index (χ1n) is 6.73. The standard InChI is InChI=1S/C13H25NO/c14-13(11-6-2-1-3-7-11)10-15-12-8-4-5-9-12/h11-13H,1-10,14H2. The molecule has 15 heavy (non-hydrogen) atoms. The van der Waals surface area contributed by atoms with Gasteiger partial charge in [-0.1, -0.05) is 32.1 Å². The molecule has 2 aliphatic carbocycles. The predicted molar refractivity (Wildman–Crippen MR) is 62.8 cm³/mol. The van der Waals surface area contributed by atoms with Crippen molar-refractivity contribution >= 4 is 0 Å². The monoisotopic (exact) mass is 211 g/mol. The molecule has 2 N–H and O–H groups in total. The lowest BCUT2D eigenvalue weighted by atomic mass is 9.84. The second-order valence-electron chi connectivity index (χ2n) is 5.30. The molecule has 2 aliphatic rings. The van der Waals surface area contributed by atoms with Crippen LogP contribution in [0, 0.1) is 5.92 Å². The lowest BCUT2D eigenvalue weighted by Crippen LogP contribution is -2.37. The van der Waals surface area contributed by atoms with Crippen molar-refractivity contribution in [3.63, 3.8) is 0 Å². The van der Waals surface area contributed by atoms with E-state index >= 15 is 0 Å². The molecule has 2 saturated carbocycles. The van der Waals surface area contributed by atoms with Gasteiger partial charge in [-0.05, 0) is 31.6 Å². The SMILES string of the molecule is NC(COC1CCCC1)C1CCCCC1. The van der Waals surface area contributed by atoms with Crippen molar-refractivity contribution in [2.24, 2.45) is 11.7 Å². The van der Waals surface area contributed by atoms with Gasteiger partial charge in [0.05, 0.1) is 12.7 Å². The molecule has 0 aromatic heterocycles. The first kappa shape index (κ1) is 11.4. The average molecular weight is 211 g/mol. The molecule has 0 saturated heterocycles. The minimum Gasteiger partial charge on any atom is -0.377 e. The minimum absolute atomic E-state index is 0.297. The summed E-state index contributed by atoms with van der Waals surface area (Å²) in [6, 6.07) is 0.297. The second kappa shape index (κ2) is 5.86. The Morgan fingerprint density at radius 2 is 1.53 bits per heavy atom. The zero-order chi connectivity index (χ0) is 10.5. The Balaban J connectivity index is 1.64. The van der Waals surface area contributed by atoms with Crippen LogP contribution in [0.5, 0.6) is 0 Å². The molecule has 2 fully saturated rings. The van der Waals surface area contributed by atoms with Gasteiger partial charge in [0.2, 0.25) is 0 Å². The highest BCUT2D eigenvalue weighted by molar-refractivity contribution is 4.77. The Labute approximate surface area is 93.6 Å². The van der Waals surface area contributed by atoms with E-state index in [0.29, 0.717) is 12.1 Å². The summed E-state index contributed by atoms with van der Waals surface area (Å²) in [6.45, 7) is 0.801. The first-order chi connectivity index (χ1) is 7.36. The van der Waals surface area contributed by atoms with Crippen molar-refractivity contribution in [2.75, 3.05) is 6.61 Å². The van der Waals surface area contributed by atoms with Crippen LogP contribution in [-0.2, 0) is 4.74 Å². The van der Waals surface area contributed by atoms with Gasteiger partial charge in [-0.3, -0.25) is 0 Å². The maximum Gasteiger partial charge on any atom is 0.0623 e. The molecule has 0 radical (unpaired) electrons. The molecule has 1 atom stereocenters. The van der Waals surface area contributed by atoms with Gasteiger partial charge in [-0.15, -0.1) is 0 Å². The van der Waals surface area contributed by atoms with Crippen LogP contribution in [0.2, 0.25) is 0 Å². The summed E-state index contributed by atoms with van der Waals surface area (Å²) in [7, 11) is 0. The molecule has 0 amide bonds. The van der Waals surface area contributed by atoms with Crippen LogP contribution in [0.3, 0.4) is 0 Å². The second-order valence-corrected chi connectivity index (χ2v) is 5.30. The highest BCUT2D eigenvalue weighted by Crippen LogP contribution is 2.27. The number of rotatable bonds is 4. The Morgan fingerprint density at radius 1 is 0.933 bits per heavy atom. The number of hydrogen-bond acceptors (Lipinski definition) is 2. The summed E-state index contributed by atoms with van der Waals surface area (Å²) in [5, 5.41) is 0. The molecule has 2 heteroatoms. The zero-order valence-electron chi connectivity index (χ0n) is 9.79. The quantitative estimate of drug-likeness (QED) is 0.776. The Kier molecular flexibility index (Phi) is 4.45. The summed E-state index contributed by atoms with van der Waals surface area (Å²) in [4.78, 5) is 0. The Morgan fingerprint density at radius 3 is 2.20 bits per heavy atom. The van der Waals surface area contributed by atoms with Gasteiger partial charge >= 0.3 is 0 Å². The van der Waals surface area contributed by atoms with E-state index in [-0.39, 0.29) is 0 Å². The summed E-state index contributed by atoms with van der Waals surface area (Å²) in [5.74, 6) is 0.736. The van der Waals surface area contributed by atoms with Crippen LogP contribution in [-0.4, -0.2) is 18.8 Å². The van der Waals surface area contributed by atoms with Gasteiger partial charge in [0.25, 0.3) is 0 Å². The highest BCUT2D eigenvalue weighted by Gasteiger charge is 2.22. The largest absolute Gasteiger partial charge is 0.377 e. The van der Waals surface area contributed by atoms with Crippen LogP contribution < -0.4 is 5.73 Å². The molecule has 1 unspecified atom stereocenters. The minimum atomic E-state index is 0.297. The molecule has 2 nitrogen and oxygen atoms in total. The van der Waals surface area contributed by atoms with Crippen LogP contribution >= 0.6 is 0 Å². The molecule has 0 aliphatic heterocycles. The topological polar surface area (TPSA) is 35.2 Å². The van der Waals surface area contributed by atoms with E-state index in [9.17, 15) is 0 Å². The van der Waals surface area contributed by atoms with Gasteiger partial charge in [-0.2, -0.15) is 0 Å². The summed E-state index contributed by atoms with van der Waals surface area (Å²) in [5.41, 5.74) is 6.20. The van der Waals surface area contributed by atoms with E-state index in [1.165, 1.54) is 57.8 Å². The number of hydrogen-bond donors (Lipinski definition) is 1. The Hall–Kier alpha value is -0.0800. The average Bonchev–Trinajstić information content (AvgIpc) is 2.80. The van der Waals surface area contributed by atoms with Crippen LogP contribution in [0.15, 0.2) is 0 Å². The molecule has 0 bridgehead atoms. The predicted octanol–water partition coefficient (Wildman–Crippen LogP) is 2.85. The van der Waals surface area contributed by atoms with E-state index in [0.717, 1.165) is 12.5 Å². The molecule has 0 heterocycles. The van der Waals surface area contributed by atoms with Crippen LogP contribution in [0.1, 0.15) is 57.8 Å². The normalized spacial score (nSPS) is 27.0. The van der Waals surface area contributed by atoms with Gasteiger partial charge < -0.3 is 10.5 Å². The fourth-order valence-electron chi connectivity index (χ4n) is 3.00. The third kappa shape index (κ3) is 3.46. The number of nitrogens with two attached hydrogens (primary N) is 1. The van der Waals surface area contributed by atoms with Gasteiger partial charge in [0.15, 0.2) is 0 Å². The smallest absolute Gasteiger partial charge is 0.0623 e. The van der Waals surface area contributed by atoms with Crippen LogP contribution in [0.4, 0.5) is 0 Å². The van der Waals surface area contributed by atoms with E-state index in [1.54, 1.807) is 0 Å². The maximum absolute atomic E-state index is 6.20. The molecular weight excluding hydrogens is 186 g/mol. The summed E-state index contributed by atoms with van der Waals surface area (Å²) < 4.78 is 5.89. The highest BCUT2D eigenvalue weighted by atomic mass is 16.5. The maximum atomic E-state index is 6.20. The van der Waals surface area contributed by atoms with E-state index in [4.69, 9.17) is 10.5 Å². The molecule has 0 aromatic rings.